The van der Waals surface area contributed by atoms with E-state index in [4.69, 9.17) is 32.5 Å². The van der Waals surface area contributed by atoms with E-state index in [1.807, 2.05) is 13.8 Å². The molecular formula is C23H29BCl2N2O6. The largest absolute Gasteiger partial charge is 0.602 e. The smallest absolute Gasteiger partial charge is 0.498 e. The summed E-state index contributed by atoms with van der Waals surface area (Å²) >= 11 is 12.0. The average Bonchev–Trinajstić information content (AvgIpc) is 2.77. The standard InChI is InChI=1S/C23H29BCl2N2O6/c1-13(2)9-14(10-16(29)12-27-21(30)17-11-15(25)7-8-18(17)26)24-33-22(31)19-5-4-6-20(28(19)3)23(32)34-24/h7-8,11,13-14,19-20H,4-6,9-10,12H2,1-3H3,(H,27,30)/t14-,19+,20+/m1/s1. The zero-order chi connectivity index (χ0) is 25.0. The van der Waals surface area contributed by atoms with Gasteiger partial charge in [-0.05, 0) is 56.8 Å². The van der Waals surface area contributed by atoms with Crippen molar-refractivity contribution in [3.05, 3.63) is 33.8 Å². The first-order valence-corrected chi connectivity index (χ1v) is 12.2. The number of Topliss-reactive ketones (excluding diaryl/α,β-unsaturated/α-hetero) is 1. The quantitative estimate of drug-likeness (QED) is 0.533. The van der Waals surface area contributed by atoms with E-state index in [0.29, 0.717) is 24.3 Å². The maximum atomic E-state index is 12.8. The van der Waals surface area contributed by atoms with Gasteiger partial charge in [0.25, 0.3) is 5.91 Å². The third-order valence-electron chi connectivity index (χ3n) is 6.22. The summed E-state index contributed by atoms with van der Waals surface area (Å²) in [5.74, 6) is -2.09. The molecular weight excluding hydrogens is 482 g/mol. The van der Waals surface area contributed by atoms with Crippen LogP contribution in [0.4, 0.5) is 0 Å². The van der Waals surface area contributed by atoms with Gasteiger partial charge in [0, 0.05) is 17.3 Å². The second-order valence-electron chi connectivity index (χ2n) is 9.31. The molecule has 2 heterocycles. The van der Waals surface area contributed by atoms with Crippen molar-refractivity contribution in [1.29, 1.82) is 0 Å². The second-order valence-corrected chi connectivity index (χ2v) is 10.2. The predicted molar refractivity (Wildman–Crippen MR) is 129 cm³/mol. The van der Waals surface area contributed by atoms with Gasteiger partial charge in [0.05, 0.1) is 17.1 Å². The molecule has 184 valence electrons. The van der Waals surface area contributed by atoms with Gasteiger partial charge in [-0.25, -0.2) is 0 Å². The second kappa shape index (κ2) is 11.6. The van der Waals surface area contributed by atoms with Crippen LogP contribution >= 0.6 is 23.2 Å². The van der Waals surface area contributed by atoms with Crippen molar-refractivity contribution in [2.24, 2.45) is 5.92 Å². The first kappa shape index (κ1) is 26.5. The predicted octanol–water partition coefficient (Wildman–Crippen LogP) is 3.54. The molecule has 0 unspecified atom stereocenters. The molecule has 3 rings (SSSR count). The number of nitrogens with one attached hydrogen (secondary N) is 1. The highest BCUT2D eigenvalue weighted by Gasteiger charge is 2.47. The fraction of sp³-hybridized carbons (Fsp3) is 0.565. The van der Waals surface area contributed by atoms with Gasteiger partial charge in [-0.15, -0.1) is 0 Å². The van der Waals surface area contributed by atoms with E-state index >= 15 is 0 Å². The number of fused-ring (bicyclic) bond motifs is 2. The normalized spacial score (nSPS) is 21.9. The van der Waals surface area contributed by atoms with E-state index in [0.717, 1.165) is 6.42 Å². The van der Waals surface area contributed by atoms with E-state index in [2.05, 4.69) is 5.32 Å². The molecule has 0 radical (unpaired) electrons. The van der Waals surface area contributed by atoms with Gasteiger partial charge in [0.2, 0.25) is 0 Å². The van der Waals surface area contributed by atoms with Gasteiger partial charge in [0.15, 0.2) is 5.78 Å². The van der Waals surface area contributed by atoms with Crippen molar-refractivity contribution in [3.63, 3.8) is 0 Å². The highest BCUT2D eigenvalue weighted by Crippen LogP contribution is 2.32. The van der Waals surface area contributed by atoms with E-state index in [1.54, 1.807) is 18.0 Å². The Labute approximate surface area is 209 Å². The van der Waals surface area contributed by atoms with Crippen LogP contribution in [0, 0.1) is 5.92 Å². The van der Waals surface area contributed by atoms with Gasteiger partial charge in [0.1, 0.15) is 12.1 Å². The molecule has 2 bridgehead atoms. The van der Waals surface area contributed by atoms with Crippen LogP contribution < -0.4 is 5.32 Å². The number of rotatable bonds is 8. The minimum Gasteiger partial charge on any atom is -0.498 e. The first-order chi connectivity index (χ1) is 16.1. The number of piperidine rings is 1. The fourth-order valence-electron chi connectivity index (χ4n) is 4.51. The SMILES string of the molecule is CC(C)C[C@H](CC(=O)CNC(=O)c1cc(Cl)ccc1Cl)B1OC(=O)[C@@H]2CCC[C@@H](C(=O)O1)N2C. The van der Waals surface area contributed by atoms with E-state index < -0.39 is 42.9 Å². The number of halogens is 2. The van der Waals surface area contributed by atoms with Crippen molar-refractivity contribution >= 4 is 53.9 Å². The number of likely N-dealkylation sites (N-methyl/N-ethyl adjacent to an activating group) is 1. The minimum atomic E-state index is -1.15. The molecule has 1 amide bonds. The average molecular weight is 511 g/mol. The van der Waals surface area contributed by atoms with E-state index in [-0.39, 0.29) is 35.3 Å². The maximum Gasteiger partial charge on any atom is 0.602 e. The van der Waals surface area contributed by atoms with Crippen LogP contribution in [0.15, 0.2) is 18.2 Å². The maximum absolute atomic E-state index is 12.8. The number of hydrogen-bond donors (Lipinski definition) is 1. The minimum absolute atomic E-state index is 0.0296. The zero-order valence-electron chi connectivity index (χ0n) is 19.5. The lowest BCUT2D eigenvalue weighted by molar-refractivity contribution is -0.157. The Bertz CT molecular complexity index is 933. The molecule has 2 aliphatic heterocycles. The molecule has 2 saturated heterocycles. The lowest BCUT2D eigenvalue weighted by atomic mass is 9.65. The molecule has 3 atom stereocenters. The molecule has 1 aromatic carbocycles. The van der Waals surface area contributed by atoms with E-state index in [1.165, 1.54) is 12.1 Å². The highest BCUT2D eigenvalue weighted by atomic mass is 35.5. The number of amides is 1. The number of carbonyl (C=O) groups is 4. The van der Waals surface area contributed by atoms with Crippen molar-refractivity contribution in [1.82, 2.24) is 10.2 Å². The Morgan fingerprint density at radius 2 is 1.76 bits per heavy atom. The molecule has 1 N–H and O–H groups in total. The molecule has 0 saturated carbocycles. The summed E-state index contributed by atoms with van der Waals surface area (Å²) in [5.41, 5.74) is 0.166. The monoisotopic (exact) mass is 510 g/mol. The molecule has 34 heavy (non-hydrogen) atoms. The van der Waals surface area contributed by atoms with Crippen molar-refractivity contribution < 1.29 is 28.5 Å². The Morgan fingerprint density at radius 1 is 1.15 bits per heavy atom. The van der Waals surface area contributed by atoms with Gasteiger partial charge in [-0.2, -0.15) is 0 Å². The summed E-state index contributed by atoms with van der Waals surface area (Å²) in [6.45, 7) is 3.68. The Balaban J connectivity index is 1.68. The summed E-state index contributed by atoms with van der Waals surface area (Å²) in [6.07, 6.45) is 2.42. The summed E-state index contributed by atoms with van der Waals surface area (Å²) in [7, 11) is 0.572. The van der Waals surface area contributed by atoms with Crippen LogP contribution in [-0.2, 0) is 23.7 Å². The number of carbonyl (C=O) groups excluding carboxylic acids is 4. The molecule has 1 aromatic rings. The molecule has 0 spiro atoms. The van der Waals surface area contributed by atoms with E-state index in [9.17, 15) is 19.2 Å². The van der Waals surface area contributed by atoms with Gasteiger partial charge >= 0.3 is 19.1 Å². The number of hydrogen-bond acceptors (Lipinski definition) is 7. The van der Waals surface area contributed by atoms with Crippen LogP contribution in [0.25, 0.3) is 0 Å². The summed E-state index contributed by atoms with van der Waals surface area (Å²) in [4.78, 5) is 52.5. The first-order valence-electron chi connectivity index (χ1n) is 11.4. The number of ketones is 1. The Hall–Kier alpha value is -2.10. The summed E-state index contributed by atoms with van der Waals surface area (Å²) in [5, 5.41) is 3.12. The summed E-state index contributed by atoms with van der Waals surface area (Å²) in [6, 6.07) is 3.47. The van der Waals surface area contributed by atoms with Crippen molar-refractivity contribution in [2.75, 3.05) is 13.6 Å². The number of benzene rings is 1. The van der Waals surface area contributed by atoms with Crippen LogP contribution in [0.5, 0.6) is 0 Å². The molecule has 0 aromatic heterocycles. The van der Waals surface area contributed by atoms with Crippen LogP contribution in [-0.4, -0.2) is 61.3 Å². The molecule has 2 aliphatic rings. The topological polar surface area (TPSA) is 102 Å². The van der Waals surface area contributed by atoms with Crippen molar-refractivity contribution in [2.45, 2.75) is 63.9 Å². The fourth-order valence-corrected chi connectivity index (χ4v) is 4.88. The zero-order valence-corrected chi connectivity index (χ0v) is 21.0. The molecule has 2 fully saturated rings. The Morgan fingerprint density at radius 3 is 2.35 bits per heavy atom. The lowest BCUT2D eigenvalue weighted by Crippen LogP contribution is -2.57. The third kappa shape index (κ3) is 6.52. The molecule has 11 heteroatoms. The summed E-state index contributed by atoms with van der Waals surface area (Å²) < 4.78 is 11.2. The van der Waals surface area contributed by atoms with Crippen LogP contribution in [0.3, 0.4) is 0 Å². The third-order valence-corrected chi connectivity index (χ3v) is 6.78. The number of nitrogens with zero attached hydrogens (tertiary/aromatic N) is 1. The Kier molecular flexibility index (Phi) is 9.01. The molecule has 0 aliphatic carbocycles. The van der Waals surface area contributed by atoms with Gasteiger partial charge < -0.3 is 14.6 Å². The highest BCUT2D eigenvalue weighted by molar-refractivity contribution is 6.51. The van der Waals surface area contributed by atoms with Gasteiger partial charge in [-0.1, -0.05) is 37.0 Å². The van der Waals surface area contributed by atoms with Crippen LogP contribution in [0.2, 0.25) is 15.9 Å². The van der Waals surface area contributed by atoms with Gasteiger partial charge in [-0.3, -0.25) is 24.1 Å². The van der Waals surface area contributed by atoms with Crippen molar-refractivity contribution in [3.8, 4) is 0 Å². The van der Waals surface area contributed by atoms with Crippen LogP contribution in [0.1, 0.15) is 56.3 Å². The molecule has 8 nitrogen and oxygen atoms in total. The lowest BCUT2D eigenvalue weighted by Gasteiger charge is -2.40.